The Bertz CT molecular complexity index is 231. The highest BCUT2D eigenvalue weighted by Crippen LogP contribution is 2.23. The number of hydrogen-bond donors (Lipinski definition) is 2. The van der Waals surface area contributed by atoms with Crippen molar-refractivity contribution in [2.45, 2.75) is 31.0 Å². The van der Waals surface area contributed by atoms with Gasteiger partial charge in [0.25, 0.3) is 0 Å². The maximum absolute atomic E-state index is 9.57. The molecule has 1 rings (SSSR count). The average Bonchev–Trinajstić information content (AvgIpc) is 2.21. The third-order valence-corrected chi connectivity index (χ3v) is 2.18. The van der Waals surface area contributed by atoms with Crippen LogP contribution in [-0.4, -0.2) is 48.5 Å². The van der Waals surface area contributed by atoms with Gasteiger partial charge in [-0.15, -0.1) is 0 Å². The number of azide groups is 1. The van der Waals surface area contributed by atoms with Gasteiger partial charge in [0.15, 0.2) is 6.29 Å². The fourth-order valence-corrected chi connectivity index (χ4v) is 1.40. The highest BCUT2D eigenvalue weighted by atomic mass is 16.7. The molecule has 1 saturated heterocycles. The molecule has 0 aromatic heterocycles. The fraction of sp³-hybridized carbons (Fsp3) is 1.00. The van der Waals surface area contributed by atoms with Gasteiger partial charge in [-0.25, -0.2) is 0 Å². The Kier molecular flexibility index (Phi) is 4.12. The van der Waals surface area contributed by atoms with Gasteiger partial charge < -0.3 is 19.7 Å². The van der Waals surface area contributed by atoms with Gasteiger partial charge in [0.2, 0.25) is 0 Å². The van der Waals surface area contributed by atoms with Gasteiger partial charge in [-0.2, -0.15) is 0 Å². The molecule has 1 heterocycles. The summed E-state index contributed by atoms with van der Waals surface area (Å²) in [6, 6.07) is -0.615. The highest BCUT2D eigenvalue weighted by molar-refractivity contribution is 4.87. The third-order valence-electron chi connectivity index (χ3n) is 2.18. The van der Waals surface area contributed by atoms with Crippen molar-refractivity contribution in [3.05, 3.63) is 10.4 Å². The summed E-state index contributed by atoms with van der Waals surface area (Å²) in [5.41, 5.74) is 8.26. The van der Waals surface area contributed by atoms with Crippen LogP contribution in [0.5, 0.6) is 0 Å². The maximum atomic E-state index is 9.57. The molecule has 14 heavy (non-hydrogen) atoms. The molecule has 0 aliphatic carbocycles. The van der Waals surface area contributed by atoms with Crippen LogP contribution in [0.25, 0.3) is 10.4 Å². The second kappa shape index (κ2) is 5.14. The van der Waals surface area contributed by atoms with E-state index in [-0.39, 0.29) is 13.0 Å². The summed E-state index contributed by atoms with van der Waals surface area (Å²) in [4.78, 5) is 2.62. The Morgan fingerprint density at radius 2 is 2.43 bits per heavy atom. The van der Waals surface area contributed by atoms with Crippen molar-refractivity contribution in [1.29, 1.82) is 0 Å². The molecule has 0 radical (unpaired) electrons. The van der Waals surface area contributed by atoms with Gasteiger partial charge in [-0.05, 0) is 5.53 Å². The molecule has 0 aromatic carbocycles. The molecule has 0 saturated carbocycles. The van der Waals surface area contributed by atoms with E-state index < -0.39 is 24.5 Å². The first-order valence-corrected chi connectivity index (χ1v) is 4.24. The smallest absolute Gasteiger partial charge is 0.158 e. The molecule has 1 fully saturated rings. The molecule has 7 heteroatoms. The molecule has 0 spiro atoms. The molecule has 0 amide bonds. The van der Waals surface area contributed by atoms with Crippen LogP contribution in [0.15, 0.2) is 5.11 Å². The minimum absolute atomic E-state index is 0.290. The van der Waals surface area contributed by atoms with E-state index in [1.807, 2.05) is 0 Å². The van der Waals surface area contributed by atoms with Gasteiger partial charge in [-0.3, -0.25) is 0 Å². The van der Waals surface area contributed by atoms with E-state index in [0.29, 0.717) is 0 Å². The molecule has 0 aromatic rings. The van der Waals surface area contributed by atoms with Gasteiger partial charge in [0.1, 0.15) is 6.10 Å². The number of hydrogen-bond acceptors (Lipinski definition) is 5. The van der Waals surface area contributed by atoms with Crippen molar-refractivity contribution in [1.82, 2.24) is 0 Å². The number of aliphatic hydroxyl groups is 2. The molecule has 80 valence electrons. The zero-order chi connectivity index (χ0) is 10.6. The number of rotatable bonds is 3. The molecule has 0 bridgehead atoms. The molecule has 1 aliphatic rings. The highest BCUT2D eigenvalue weighted by Gasteiger charge is 2.36. The summed E-state index contributed by atoms with van der Waals surface area (Å²) in [6.45, 7) is -0.335. The van der Waals surface area contributed by atoms with Crippen molar-refractivity contribution in [2.75, 3.05) is 13.7 Å². The lowest BCUT2D eigenvalue weighted by molar-refractivity contribution is -0.224. The van der Waals surface area contributed by atoms with Crippen LogP contribution in [-0.2, 0) is 9.47 Å². The van der Waals surface area contributed by atoms with Crippen molar-refractivity contribution in [3.63, 3.8) is 0 Å². The monoisotopic (exact) mass is 203 g/mol. The van der Waals surface area contributed by atoms with E-state index in [2.05, 4.69) is 10.0 Å². The Labute approximate surface area is 80.9 Å². The molecule has 1 aliphatic heterocycles. The average molecular weight is 203 g/mol. The summed E-state index contributed by atoms with van der Waals surface area (Å²) >= 11 is 0. The Morgan fingerprint density at radius 3 is 2.93 bits per heavy atom. The summed E-state index contributed by atoms with van der Waals surface area (Å²) in [5, 5.41) is 21.9. The van der Waals surface area contributed by atoms with E-state index in [4.69, 9.17) is 20.1 Å². The van der Waals surface area contributed by atoms with Crippen LogP contribution in [0.3, 0.4) is 0 Å². The number of ether oxygens (including phenoxy) is 2. The first kappa shape index (κ1) is 11.2. The predicted molar refractivity (Wildman–Crippen MR) is 46.3 cm³/mol. The van der Waals surface area contributed by atoms with Gasteiger partial charge >= 0.3 is 0 Å². The van der Waals surface area contributed by atoms with Crippen LogP contribution in [0.1, 0.15) is 6.42 Å². The number of methoxy groups -OCH3 is 1. The first-order valence-electron chi connectivity index (χ1n) is 4.24. The topological polar surface area (TPSA) is 108 Å². The van der Waals surface area contributed by atoms with Gasteiger partial charge in [0.05, 0.1) is 18.8 Å². The largest absolute Gasteiger partial charge is 0.394 e. The van der Waals surface area contributed by atoms with Crippen LogP contribution in [0, 0.1) is 0 Å². The number of aliphatic hydroxyl groups excluding tert-OH is 2. The minimum atomic E-state index is -0.984. The SMILES string of the molecule is CO[C@H]1C[C@H](N=[N+]=[N-])[C@H](O)[C@@H](CO)O1. The minimum Gasteiger partial charge on any atom is -0.394 e. The molecular weight excluding hydrogens is 190 g/mol. The van der Waals surface area contributed by atoms with E-state index >= 15 is 0 Å². The van der Waals surface area contributed by atoms with Crippen LogP contribution >= 0.6 is 0 Å². The van der Waals surface area contributed by atoms with Crippen LogP contribution in [0.4, 0.5) is 0 Å². The summed E-state index contributed by atoms with van der Waals surface area (Å²) in [7, 11) is 1.45. The van der Waals surface area contributed by atoms with Crippen molar-refractivity contribution in [2.24, 2.45) is 5.11 Å². The summed E-state index contributed by atoms with van der Waals surface area (Å²) < 4.78 is 10.1. The van der Waals surface area contributed by atoms with Crippen LogP contribution < -0.4 is 0 Å². The Morgan fingerprint density at radius 1 is 1.71 bits per heavy atom. The molecule has 0 unspecified atom stereocenters. The zero-order valence-corrected chi connectivity index (χ0v) is 7.78. The Hall–Kier alpha value is -0.850. The van der Waals surface area contributed by atoms with E-state index in [1.54, 1.807) is 0 Å². The zero-order valence-electron chi connectivity index (χ0n) is 7.78. The second-order valence-corrected chi connectivity index (χ2v) is 3.02. The van der Waals surface area contributed by atoms with Crippen molar-refractivity contribution in [3.8, 4) is 0 Å². The predicted octanol–water partition coefficient (Wildman–Crippen LogP) is -0.220. The Balaban J connectivity index is 2.69. The second-order valence-electron chi connectivity index (χ2n) is 3.02. The quantitative estimate of drug-likeness (QED) is 0.375. The fourth-order valence-electron chi connectivity index (χ4n) is 1.40. The molecule has 7 nitrogen and oxygen atoms in total. The van der Waals surface area contributed by atoms with E-state index in [0.717, 1.165) is 0 Å². The summed E-state index contributed by atoms with van der Waals surface area (Å²) in [5.74, 6) is 0. The van der Waals surface area contributed by atoms with E-state index in [1.165, 1.54) is 7.11 Å². The van der Waals surface area contributed by atoms with Crippen molar-refractivity contribution >= 4 is 0 Å². The lowest BCUT2D eigenvalue weighted by atomic mass is 10.00. The first-order chi connectivity index (χ1) is 6.72. The van der Waals surface area contributed by atoms with E-state index in [9.17, 15) is 5.11 Å². The van der Waals surface area contributed by atoms with Gasteiger partial charge in [0, 0.05) is 18.4 Å². The standard InChI is InChI=1S/C7H13N3O4/c1-13-6-2-4(9-10-8)7(12)5(3-11)14-6/h4-7,11-12H,2-3H2,1H3/t4-,5+,6+,7-/m0/s1. The molecule has 4 atom stereocenters. The van der Waals surface area contributed by atoms with Crippen LogP contribution in [0.2, 0.25) is 0 Å². The normalized spacial score (nSPS) is 37.6. The van der Waals surface area contributed by atoms with Gasteiger partial charge in [-0.1, -0.05) is 5.11 Å². The lowest BCUT2D eigenvalue weighted by Gasteiger charge is -2.35. The molecule has 2 N–H and O–H groups in total. The molecular formula is C7H13N3O4. The lowest BCUT2D eigenvalue weighted by Crippen LogP contribution is -2.49. The number of nitrogens with zero attached hydrogens (tertiary/aromatic N) is 3. The maximum Gasteiger partial charge on any atom is 0.158 e. The third kappa shape index (κ3) is 2.34. The summed E-state index contributed by atoms with van der Waals surface area (Å²) in [6.07, 6.45) is -2.00. The van der Waals surface area contributed by atoms with Crippen molar-refractivity contribution < 1.29 is 19.7 Å².